The van der Waals surface area contributed by atoms with Crippen molar-refractivity contribution in [1.82, 2.24) is 0 Å². The van der Waals surface area contributed by atoms with E-state index in [2.05, 4.69) is 0 Å². The van der Waals surface area contributed by atoms with Crippen molar-refractivity contribution < 1.29 is 4.74 Å². The Morgan fingerprint density at radius 3 is 2.87 bits per heavy atom. The molecule has 0 spiro atoms. The molecule has 1 aliphatic carbocycles. The Balaban J connectivity index is 1.75. The molecule has 0 heterocycles. The predicted octanol–water partition coefficient (Wildman–Crippen LogP) is 2.59. The second-order valence-electron chi connectivity index (χ2n) is 4.14. The summed E-state index contributed by atoms with van der Waals surface area (Å²) in [4.78, 5) is 0. The summed E-state index contributed by atoms with van der Waals surface area (Å²) in [5.74, 6) is 0.675. The molecule has 0 amide bonds. The Hall–Kier alpha value is -0.570. The van der Waals surface area contributed by atoms with Crippen LogP contribution < -0.4 is 5.73 Å². The second kappa shape index (κ2) is 4.97. The van der Waals surface area contributed by atoms with Gasteiger partial charge in [-0.1, -0.05) is 23.7 Å². The van der Waals surface area contributed by atoms with Crippen LogP contribution in [-0.2, 0) is 11.3 Å². The molecular formula is C12H16ClNO. The molecule has 1 aliphatic rings. The monoisotopic (exact) mass is 225 g/mol. The average Bonchev–Trinajstić information content (AvgIpc) is 2.16. The molecule has 1 saturated carbocycles. The summed E-state index contributed by atoms with van der Waals surface area (Å²) >= 11 is 5.88. The molecule has 0 atom stereocenters. The molecule has 1 fully saturated rings. The van der Waals surface area contributed by atoms with Crippen LogP contribution in [-0.4, -0.2) is 12.6 Å². The first-order valence-corrected chi connectivity index (χ1v) is 5.72. The van der Waals surface area contributed by atoms with Crippen molar-refractivity contribution in [2.24, 2.45) is 11.7 Å². The summed E-state index contributed by atoms with van der Waals surface area (Å²) in [5.41, 5.74) is 6.69. The lowest BCUT2D eigenvalue weighted by Gasteiger charge is -2.34. The second-order valence-corrected chi connectivity index (χ2v) is 4.57. The van der Waals surface area contributed by atoms with E-state index >= 15 is 0 Å². The molecule has 1 aromatic carbocycles. The van der Waals surface area contributed by atoms with E-state index in [9.17, 15) is 0 Å². The Bertz CT molecular complexity index is 323. The first-order chi connectivity index (χ1) is 7.28. The van der Waals surface area contributed by atoms with Gasteiger partial charge in [-0.25, -0.2) is 0 Å². The van der Waals surface area contributed by atoms with Gasteiger partial charge in [-0.05, 0) is 43.0 Å². The molecule has 0 radical (unpaired) electrons. The summed E-state index contributed by atoms with van der Waals surface area (Å²) < 4.78 is 5.74. The van der Waals surface area contributed by atoms with Gasteiger partial charge in [0.2, 0.25) is 0 Å². The van der Waals surface area contributed by atoms with Crippen LogP contribution in [0.1, 0.15) is 18.4 Å². The minimum absolute atomic E-state index is 0.400. The van der Waals surface area contributed by atoms with Crippen molar-refractivity contribution in [3.05, 3.63) is 34.9 Å². The number of nitrogens with two attached hydrogens (primary N) is 1. The Morgan fingerprint density at radius 1 is 1.40 bits per heavy atom. The zero-order chi connectivity index (χ0) is 10.7. The van der Waals surface area contributed by atoms with Crippen LogP contribution in [0.3, 0.4) is 0 Å². The summed E-state index contributed by atoms with van der Waals surface area (Å²) in [6.45, 7) is 1.44. The SMILES string of the molecule is NCC1CC(OCc2cccc(Cl)c2)C1. The Labute approximate surface area is 95.4 Å². The molecule has 1 aromatic rings. The van der Waals surface area contributed by atoms with Gasteiger partial charge in [-0.2, -0.15) is 0 Å². The minimum atomic E-state index is 0.400. The van der Waals surface area contributed by atoms with Gasteiger partial charge in [0.25, 0.3) is 0 Å². The first kappa shape index (κ1) is 10.9. The van der Waals surface area contributed by atoms with Crippen molar-refractivity contribution in [3.63, 3.8) is 0 Å². The summed E-state index contributed by atoms with van der Waals surface area (Å²) in [6, 6.07) is 7.80. The molecule has 2 nitrogen and oxygen atoms in total. The van der Waals surface area contributed by atoms with E-state index in [1.54, 1.807) is 0 Å². The lowest BCUT2D eigenvalue weighted by Crippen LogP contribution is -2.35. The smallest absolute Gasteiger partial charge is 0.0721 e. The molecule has 0 saturated heterocycles. The summed E-state index contributed by atoms with van der Waals surface area (Å²) in [5, 5.41) is 0.768. The predicted molar refractivity (Wildman–Crippen MR) is 61.8 cm³/mol. The summed E-state index contributed by atoms with van der Waals surface area (Å²) in [7, 11) is 0. The lowest BCUT2D eigenvalue weighted by molar-refractivity contribution is -0.0375. The molecule has 0 bridgehead atoms. The lowest BCUT2D eigenvalue weighted by atomic mass is 9.82. The van der Waals surface area contributed by atoms with Gasteiger partial charge in [-0.15, -0.1) is 0 Å². The van der Waals surface area contributed by atoms with E-state index in [-0.39, 0.29) is 0 Å². The summed E-state index contributed by atoms with van der Waals surface area (Å²) in [6.07, 6.45) is 2.62. The fourth-order valence-corrected chi connectivity index (χ4v) is 2.06. The van der Waals surface area contributed by atoms with Crippen LogP contribution in [0.4, 0.5) is 0 Å². The van der Waals surface area contributed by atoms with Crippen LogP contribution >= 0.6 is 11.6 Å². The zero-order valence-corrected chi connectivity index (χ0v) is 9.41. The standard InChI is InChI=1S/C12H16ClNO/c13-11-3-1-2-9(4-11)8-15-12-5-10(6-12)7-14/h1-4,10,12H,5-8,14H2. The molecule has 3 heteroatoms. The van der Waals surface area contributed by atoms with Crippen LogP contribution in [0.25, 0.3) is 0 Å². The van der Waals surface area contributed by atoms with Gasteiger partial charge in [-0.3, -0.25) is 0 Å². The maximum absolute atomic E-state index is 5.88. The molecule has 15 heavy (non-hydrogen) atoms. The van der Waals surface area contributed by atoms with Crippen molar-refractivity contribution in [1.29, 1.82) is 0 Å². The highest BCUT2D eigenvalue weighted by atomic mass is 35.5. The van der Waals surface area contributed by atoms with Gasteiger partial charge in [0.1, 0.15) is 0 Å². The first-order valence-electron chi connectivity index (χ1n) is 5.34. The van der Waals surface area contributed by atoms with Crippen molar-refractivity contribution in [2.75, 3.05) is 6.54 Å². The molecule has 2 N–H and O–H groups in total. The molecule has 0 unspecified atom stereocenters. The number of hydrogen-bond donors (Lipinski definition) is 1. The number of halogens is 1. The fraction of sp³-hybridized carbons (Fsp3) is 0.500. The van der Waals surface area contributed by atoms with E-state index in [1.807, 2.05) is 24.3 Å². The van der Waals surface area contributed by atoms with Gasteiger partial charge < -0.3 is 10.5 Å². The Morgan fingerprint density at radius 2 is 2.20 bits per heavy atom. The quantitative estimate of drug-likeness (QED) is 0.855. The molecule has 2 rings (SSSR count). The highest BCUT2D eigenvalue weighted by Crippen LogP contribution is 2.29. The van der Waals surface area contributed by atoms with E-state index in [1.165, 1.54) is 0 Å². The molecule has 0 aliphatic heterocycles. The molecular weight excluding hydrogens is 210 g/mol. The topological polar surface area (TPSA) is 35.2 Å². The fourth-order valence-electron chi connectivity index (χ4n) is 1.84. The van der Waals surface area contributed by atoms with E-state index in [0.29, 0.717) is 18.6 Å². The van der Waals surface area contributed by atoms with Crippen molar-refractivity contribution in [2.45, 2.75) is 25.6 Å². The average molecular weight is 226 g/mol. The third kappa shape index (κ3) is 2.94. The third-order valence-corrected chi connectivity index (χ3v) is 3.14. The number of benzene rings is 1. The van der Waals surface area contributed by atoms with E-state index in [4.69, 9.17) is 22.1 Å². The number of ether oxygens (including phenoxy) is 1. The van der Waals surface area contributed by atoms with Crippen molar-refractivity contribution >= 4 is 11.6 Å². The van der Waals surface area contributed by atoms with Crippen LogP contribution in [0, 0.1) is 5.92 Å². The van der Waals surface area contributed by atoms with E-state index < -0.39 is 0 Å². The third-order valence-electron chi connectivity index (χ3n) is 2.90. The molecule has 82 valence electrons. The number of hydrogen-bond acceptors (Lipinski definition) is 2. The highest BCUT2D eigenvalue weighted by molar-refractivity contribution is 6.30. The molecule has 0 aromatic heterocycles. The van der Waals surface area contributed by atoms with E-state index in [0.717, 1.165) is 30.0 Å². The van der Waals surface area contributed by atoms with Gasteiger partial charge in [0.15, 0.2) is 0 Å². The van der Waals surface area contributed by atoms with Crippen LogP contribution in [0.2, 0.25) is 5.02 Å². The minimum Gasteiger partial charge on any atom is -0.374 e. The van der Waals surface area contributed by atoms with Crippen LogP contribution in [0.5, 0.6) is 0 Å². The van der Waals surface area contributed by atoms with Gasteiger partial charge in [0, 0.05) is 5.02 Å². The largest absolute Gasteiger partial charge is 0.374 e. The zero-order valence-electron chi connectivity index (χ0n) is 8.66. The van der Waals surface area contributed by atoms with Gasteiger partial charge >= 0.3 is 0 Å². The van der Waals surface area contributed by atoms with Crippen LogP contribution in [0.15, 0.2) is 24.3 Å². The maximum atomic E-state index is 5.88. The number of rotatable bonds is 4. The Kier molecular flexibility index (Phi) is 3.62. The normalized spacial score (nSPS) is 24.9. The van der Waals surface area contributed by atoms with Crippen molar-refractivity contribution in [3.8, 4) is 0 Å². The highest BCUT2D eigenvalue weighted by Gasteiger charge is 2.28. The maximum Gasteiger partial charge on any atom is 0.0721 e. The van der Waals surface area contributed by atoms with Gasteiger partial charge in [0.05, 0.1) is 12.7 Å².